The molecule has 1 aromatic carbocycles. The second kappa shape index (κ2) is 17.8. The summed E-state index contributed by atoms with van der Waals surface area (Å²) in [6, 6.07) is 7.43. The molecule has 18 heteroatoms. The van der Waals surface area contributed by atoms with Gasteiger partial charge in [-0.05, 0) is 24.5 Å². The summed E-state index contributed by atoms with van der Waals surface area (Å²) in [5.41, 5.74) is 0.487. The lowest BCUT2D eigenvalue weighted by Crippen LogP contribution is -2.68. The van der Waals surface area contributed by atoms with Crippen LogP contribution in [0, 0.1) is 0 Å². The molecule has 5 rings (SSSR count). The summed E-state index contributed by atoms with van der Waals surface area (Å²) in [7, 11) is 0. The molecule has 0 bridgehead atoms. The van der Waals surface area contributed by atoms with Crippen molar-refractivity contribution < 1.29 is 79.9 Å². The molecule has 3 heterocycles. The molecular weight excluding hydrogens is 698 g/mol. The van der Waals surface area contributed by atoms with E-state index in [4.69, 9.17) is 23.7 Å². The zero-order chi connectivity index (χ0) is 37.1. The lowest BCUT2D eigenvalue weighted by atomic mass is 9.85. The van der Waals surface area contributed by atoms with Gasteiger partial charge in [-0.1, -0.05) is 43.3 Å². The van der Waals surface area contributed by atoms with E-state index in [9.17, 15) is 56.2 Å². The van der Waals surface area contributed by atoms with Crippen LogP contribution in [0.25, 0.3) is 0 Å². The topological polar surface area (TPSA) is 281 Å². The van der Waals surface area contributed by atoms with Crippen LogP contribution in [0.2, 0.25) is 0 Å². The van der Waals surface area contributed by atoms with Gasteiger partial charge >= 0.3 is 0 Å². The summed E-state index contributed by atoms with van der Waals surface area (Å²) >= 11 is 1.21. The van der Waals surface area contributed by atoms with E-state index in [1.54, 1.807) is 19.9 Å². The third-order valence-electron chi connectivity index (χ3n) is 9.94. The van der Waals surface area contributed by atoms with Crippen LogP contribution in [0.15, 0.2) is 42.0 Å². The molecule has 4 aliphatic rings. The number of aliphatic hydroxyl groups is 11. The summed E-state index contributed by atoms with van der Waals surface area (Å²) in [5.74, 6) is 0.442. The van der Waals surface area contributed by atoms with Gasteiger partial charge in [-0.2, -0.15) is 0 Å². The second-order valence-corrected chi connectivity index (χ2v) is 14.4. The lowest BCUT2D eigenvalue weighted by Gasteiger charge is -2.49. The lowest BCUT2D eigenvalue weighted by molar-refractivity contribution is -0.366. The second-order valence-electron chi connectivity index (χ2n) is 13.3. The number of aliphatic hydroxyl groups excluding tert-OH is 11. The summed E-state index contributed by atoms with van der Waals surface area (Å²) in [6.07, 6.45) is -22.1. The van der Waals surface area contributed by atoms with Crippen LogP contribution in [-0.2, 0) is 29.4 Å². The summed E-state index contributed by atoms with van der Waals surface area (Å²) in [4.78, 5) is 0. The van der Waals surface area contributed by atoms with Gasteiger partial charge in [-0.15, -0.1) is 11.8 Å². The maximum Gasteiger partial charge on any atom is 0.187 e. The standard InChI is InChI=1S/C33H51NO16S/c1-3-15-9-16(21(38)23(40)20(15)37)34-19-13(2)46-31(26(43)22(19)39)49-29-17(10-35)47-32(27(44)24(29)41)50-30-18(11-36)48-33(28(45)25(30)42)51-12-14-7-5-4-6-8-14/h4-9,13,16-45H,3,10-12H2,1-2H3. The number of thioether (sulfide) groups is 1. The van der Waals surface area contributed by atoms with E-state index < -0.39 is 129 Å². The molecule has 17 nitrogen and oxygen atoms in total. The van der Waals surface area contributed by atoms with Gasteiger partial charge in [0, 0.05) is 5.75 Å². The Morgan fingerprint density at radius 2 is 1.25 bits per heavy atom. The molecule has 3 fully saturated rings. The smallest absolute Gasteiger partial charge is 0.187 e. The minimum absolute atomic E-state index is 0.393. The van der Waals surface area contributed by atoms with Gasteiger partial charge in [0.05, 0.1) is 31.4 Å². The van der Waals surface area contributed by atoms with Crippen LogP contribution >= 0.6 is 11.8 Å². The third kappa shape index (κ3) is 8.80. The van der Waals surface area contributed by atoms with Gasteiger partial charge < -0.3 is 85.2 Å². The summed E-state index contributed by atoms with van der Waals surface area (Å²) < 4.78 is 28.9. The van der Waals surface area contributed by atoms with E-state index in [2.05, 4.69) is 5.32 Å². The first-order valence-corrected chi connectivity index (χ1v) is 18.1. The fourth-order valence-electron chi connectivity index (χ4n) is 6.87. The van der Waals surface area contributed by atoms with Gasteiger partial charge in [0.1, 0.15) is 84.8 Å². The number of rotatable bonds is 12. The Bertz CT molecular complexity index is 1260. The maximum absolute atomic E-state index is 11.1. The highest BCUT2D eigenvalue weighted by atomic mass is 32.2. The molecule has 3 aliphatic heterocycles. The average molecular weight is 750 g/mol. The molecule has 0 aromatic heterocycles. The van der Waals surface area contributed by atoms with Crippen molar-refractivity contribution >= 4 is 11.8 Å². The minimum Gasteiger partial charge on any atom is -0.394 e. The van der Waals surface area contributed by atoms with Crippen LogP contribution in [-0.4, -0.2) is 185 Å². The van der Waals surface area contributed by atoms with Crippen LogP contribution in [0.1, 0.15) is 25.8 Å². The van der Waals surface area contributed by atoms with E-state index in [0.717, 1.165) is 5.56 Å². The molecule has 0 amide bonds. The zero-order valence-electron chi connectivity index (χ0n) is 28.1. The molecule has 19 atom stereocenters. The Morgan fingerprint density at radius 3 is 1.86 bits per heavy atom. The highest BCUT2D eigenvalue weighted by Crippen LogP contribution is 2.35. The number of hydrogen-bond acceptors (Lipinski definition) is 18. The molecule has 0 saturated carbocycles. The number of hydrogen-bond donors (Lipinski definition) is 12. The molecule has 1 aromatic rings. The van der Waals surface area contributed by atoms with Crippen molar-refractivity contribution in [2.75, 3.05) is 13.2 Å². The van der Waals surface area contributed by atoms with E-state index in [-0.39, 0.29) is 0 Å². The molecule has 12 N–H and O–H groups in total. The van der Waals surface area contributed by atoms with E-state index >= 15 is 0 Å². The Labute approximate surface area is 299 Å². The number of benzene rings is 1. The van der Waals surface area contributed by atoms with Gasteiger partial charge in [0.15, 0.2) is 12.6 Å². The van der Waals surface area contributed by atoms with Crippen LogP contribution in [0.5, 0.6) is 0 Å². The van der Waals surface area contributed by atoms with Gasteiger partial charge in [-0.3, -0.25) is 0 Å². The molecule has 0 radical (unpaired) electrons. The average Bonchev–Trinajstić information content (AvgIpc) is 3.13. The van der Waals surface area contributed by atoms with Crippen molar-refractivity contribution in [2.45, 2.75) is 142 Å². The number of nitrogens with one attached hydrogen (secondary N) is 1. The van der Waals surface area contributed by atoms with Crippen LogP contribution in [0.4, 0.5) is 0 Å². The zero-order valence-corrected chi connectivity index (χ0v) is 28.9. The van der Waals surface area contributed by atoms with Crippen LogP contribution in [0.3, 0.4) is 0 Å². The first-order valence-electron chi connectivity index (χ1n) is 17.0. The van der Waals surface area contributed by atoms with Crippen molar-refractivity contribution in [1.82, 2.24) is 5.32 Å². The number of ether oxygens (including phenoxy) is 5. The van der Waals surface area contributed by atoms with Gasteiger partial charge in [0.25, 0.3) is 0 Å². The van der Waals surface area contributed by atoms with Crippen molar-refractivity contribution in [2.24, 2.45) is 0 Å². The van der Waals surface area contributed by atoms with Crippen LogP contribution < -0.4 is 5.32 Å². The fraction of sp³-hybridized carbons (Fsp3) is 0.758. The minimum atomic E-state index is -1.88. The predicted molar refractivity (Wildman–Crippen MR) is 176 cm³/mol. The first kappa shape index (κ1) is 40.8. The maximum atomic E-state index is 11.1. The third-order valence-corrected chi connectivity index (χ3v) is 11.2. The monoisotopic (exact) mass is 749 g/mol. The molecule has 19 unspecified atom stereocenters. The Morgan fingerprint density at radius 1 is 0.686 bits per heavy atom. The van der Waals surface area contributed by atoms with Gasteiger partial charge in [-0.25, -0.2) is 0 Å². The van der Waals surface area contributed by atoms with Crippen molar-refractivity contribution in [3.05, 3.63) is 47.5 Å². The van der Waals surface area contributed by atoms with E-state index in [0.29, 0.717) is 17.7 Å². The van der Waals surface area contributed by atoms with Crippen molar-refractivity contribution in [3.8, 4) is 0 Å². The summed E-state index contributed by atoms with van der Waals surface area (Å²) in [5, 5.41) is 120. The molecule has 1 aliphatic carbocycles. The van der Waals surface area contributed by atoms with E-state index in [1.165, 1.54) is 11.8 Å². The quantitative estimate of drug-likeness (QED) is 0.0903. The van der Waals surface area contributed by atoms with Crippen molar-refractivity contribution in [1.29, 1.82) is 0 Å². The fourth-order valence-corrected chi connectivity index (χ4v) is 8.00. The first-order chi connectivity index (χ1) is 24.3. The highest BCUT2D eigenvalue weighted by Gasteiger charge is 2.53. The Hall–Kier alpha value is -1.37. The Balaban J connectivity index is 1.20. The van der Waals surface area contributed by atoms with Crippen molar-refractivity contribution in [3.63, 3.8) is 0 Å². The van der Waals surface area contributed by atoms with E-state index in [1.807, 2.05) is 30.3 Å². The SMILES string of the molecule is CCC1=CC(NC2C(C)OC(OC3C(CO)OC(OC4C(CO)OC(SCc5ccccc5)C(O)C4O)C(O)C3O)C(O)C2O)C(O)C(O)C1O. The molecule has 290 valence electrons. The molecular formula is C33H51NO16S. The molecule has 51 heavy (non-hydrogen) atoms. The largest absolute Gasteiger partial charge is 0.394 e. The highest BCUT2D eigenvalue weighted by molar-refractivity contribution is 7.99. The molecule has 0 spiro atoms. The summed E-state index contributed by atoms with van der Waals surface area (Å²) in [6.45, 7) is 1.89. The predicted octanol–water partition coefficient (Wildman–Crippen LogP) is -4.21. The Kier molecular flexibility index (Phi) is 14.3. The molecule has 3 saturated heterocycles. The van der Waals surface area contributed by atoms with Gasteiger partial charge in [0.2, 0.25) is 0 Å². The normalized spacial score (nSPS) is 46.5.